The molecule has 1 saturated heterocycles. The zero-order chi connectivity index (χ0) is 13.2. The SMILES string of the molecule is CC(c1noc(-c2cn(C)cn2)n1)N1CCNCC1. The van der Waals surface area contributed by atoms with Crippen molar-refractivity contribution in [1.82, 2.24) is 29.9 Å². The highest BCUT2D eigenvalue weighted by atomic mass is 16.5. The average molecular weight is 262 g/mol. The molecule has 0 bridgehead atoms. The monoisotopic (exact) mass is 262 g/mol. The van der Waals surface area contributed by atoms with Gasteiger partial charge in [0.15, 0.2) is 5.82 Å². The molecule has 1 aliphatic heterocycles. The van der Waals surface area contributed by atoms with Gasteiger partial charge >= 0.3 is 0 Å². The van der Waals surface area contributed by atoms with Crippen LogP contribution in [0, 0.1) is 0 Å². The quantitative estimate of drug-likeness (QED) is 0.865. The molecule has 19 heavy (non-hydrogen) atoms. The van der Waals surface area contributed by atoms with Gasteiger partial charge in [0.2, 0.25) is 0 Å². The normalized spacial score (nSPS) is 18.6. The molecule has 1 fully saturated rings. The molecule has 7 heteroatoms. The summed E-state index contributed by atoms with van der Waals surface area (Å²) in [5, 5.41) is 7.42. The minimum atomic E-state index is 0.170. The number of hydrogen-bond acceptors (Lipinski definition) is 6. The topological polar surface area (TPSA) is 72.0 Å². The van der Waals surface area contributed by atoms with Gasteiger partial charge in [0.1, 0.15) is 5.69 Å². The Hall–Kier alpha value is -1.73. The van der Waals surface area contributed by atoms with Gasteiger partial charge in [-0.15, -0.1) is 0 Å². The second-order valence-corrected chi connectivity index (χ2v) is 4.84. The summed E-state index contributed by atoms with van der Waals surface area (Å²) in [6.45, 7) is 6.15. The van der Waals surface area contributed by atoms with Gasteiger partial charge in [0, 0.05) is 39.4 Å². The smallest absolute Gasteiger partial charge is 0.278 e. The molecule has 0 saturated carbocycles. The van der Waals surface area contributed by atoms with Crippen LogP contribution in [0.3, 0.4) is 0 Å². The second kappa shape index (κ2) is 5.10. The molecule has 3 heterocycles. The number of nitrogens with zero attached hydrogens (tertiary/aromatic N) is 5. The Morgan fingerprint density at radius 1 is 1.37 bits per heavy atom. The highest BCUT2D eigenvalue weighted by Crippen LogP contribution is 2.21. The van der Waals surface area contributed by atoms with Gasteiger partial charge < -0.3 is 14.4 Å². The van der Waals surface area contributed by atoms with E-state index in [4.69, 9.17) is 4.52 Å². The van der Waals surface area contributed by atoms with Gasteiger partial charge in [0.25, 0.3) is 5.89 Å². The maximum atomic E-state index is 5.30. The summed E-state index contributed by atoms with van der Waals surface area (Å²) in [6, 6.07) is 0.170. The third-order valence-electron chi connectivity index (χ3n) is 3.44. The Morgan fingerprint density at radius 3 is 2.84 bits per heavy atom. The standard InChI is InChI=1S/C12H18N6O/c1-9(18-5-3-13-4-6-18)11-15-12(19-16-11)10-7-17(2)8-14-10/h7-9,13H,3-6H2,1-2H3. The molecule has 1 atom stereocenters. The van der Waals surface area contributed by atoms with E-state index < -0.39 is 0 Å². The molecular formula is C12H18N6O. The molecule has 0 aromatic carbocycles. The lowest BCUT2D eigenvalue weighted by atomic mass is 10.2. The van der Waals surface area contributed by atoms with Crippen molar-refractivity contribution in [3.8, 4) is 11.6 Å². The number of piperazine rings is 1. The number of hydrogen-bond donors (Lipinski definition) is 1. The number of nitrogens with one attached hydrogen (secondary N) is 1. The van der Waals surface area contributed by atoms with E-state index in [9.17, 15) is 0 Å². The van der Waals surface area contributed by atoms with Crippen molar-refractivity contribution >= 4 is 0 Å². The van der Waals surface area contributed by atoms with Gasteiger partial charge in [0.05, 0.1) is 12.4 Å². The number of aromatic nitrogens is 4. The van der Waals surface area contributed by atoms with Gasteiger partial charge in [-0.05, 0) is 6.92 Å². The molecule has 2 aromatic heterocycles. The van der Waals surface area contributed by atoms with E-state index in [-0.39, 0.29) is 6.04 Å². The lowest BCUT2D eigenvalue weighted by Gasteiger charge is -2.30. The van der Waals surface area contributed by atoms with Crippen LogP contribution < -0.4 is 5.32 Å². The second-order valence-electron chi connectivity index (χ2n) is 4.84. The maximum Gasteiger partial charge on any atom is 0.278 e. The predicted molar refractivity (Wildman–Crippen MR) is 69.4 cm³/mol. The zero-order valence-electron chi connectivity index (χ0n) is 11.2. The highest BCUT2D eigenvalue weighted by molar-refractivity contribution is 5.44. The molecule has 0 radical (unpaired) electrons. The molecule has 1 N–H and O–H groups in total. The first kappa shape index (κ1) is 12.3. The van der Waals surface area contributed by atoms with Crippen molar-refractivity contribution in [2.24, 2.45) is 7.05 Å². The van der Waals surface area contributed by atoms with Crippen LogP contribution in [-0.4, -0.2) is 50.8 Å². The lowest BCUT2D eigenvalue weighted by Crippen LogP contribution is -2.44. The summed E-state index contributed by atoms with van der Waals surface area (Å²) in [4.78, 5) is 11.0. The molecule has 0 spiro atoms. The van der Waals surface area contributed by atoms with Crippen LogP contribution in [0.4, 0.5) is 0 Å². The van der Waals surface area contributed by atoms with Crippen LogP contribution >= 0.6 is 0 Å². The molecule has 3 rings (SSSR count). The Labute approximate surface area is 111 Å². The summed E-state index contributed by atoms with van der Waals surface area (Å²) >= 11 is 0. The fourth-order valence-corrected chi connectivity index (χ4v) is 2.26. The van der Waals surface area contributed by atoms with Gasteiger partial charge in [-0.1, -0.05) is 5.16 Å². The third-order valence-corrected chi connectivity index (χ3v) is 3.44. The van der Waals surface area contributed by atoms with Gasteiger partial charge in [-0.2, -0.15) is 4.98 Å². The Morgan fingerprint density at radius 2 is 2.16 bits per heavy atom. The van der Waals surface area contributed by atoms with Crippen LogP contribution in [0.2, 0.25) is 0 Å². The van der Waals surface area contributed by atoms with E-state index >= 15 is 0 Å². The summed E-state index contributed by atoms with van der Waals surface area (Å²) < 4.78 is 7.16. The van der Waals surface area contributed by atoms with E-state index in [0.29, 0.717) is 11.6 Å². The summed E-state index contributed by atoms with van der Waals surface area (Å²) in [6.07, 6.45) is 3.59. The van der Waals surface area contributed by atoms with E-state index in [0.717, 1.165) is 32.0 Å². The third kappa shape index (κ3) is 2.52. The molecule has 1 aliphatic rings. The summed E-state index contributed by atoms with van der Waals surface area (Å²) in [5.74, 6) is 1.21. The molecule has 7 nitrogen and oxygen atoms in total. The van der Waals surface area contributed by atoms with Crippen molar-refractivity contribution in [1.29, 1.82) is 0 Å². The van der Waals surface area contributed by atoms with Crippen LogP contribution in [0.5, 0.6) is 0 Å². The first-order chi connectivity index (χ1) is 9.24. The van der Waals surface area contributed by atoms with Crippen molar-refractivity contribution in [2.45, 2.75) is 13.0 Å². The largest absolute Gasteiger partial charge is 0.340 e. The van der Waals surface area contributed by atoms with E-state index in [1.165, 1.54) is 0 Å². The van der Waals surface area contributed by atoms with Crippen LogP contribution in [0.15, 0.2) is 17.0 Å². The van der Waals surface area contributed by atoms with Crippen LogP contribution in [0.25, 0.3) is 11.6 Å². The maximum absolute atomic E-state index is 5.30. The number of rotatable bonds is 3. The van der Waals surface area contributed by atoms with E-state index in [1.54, 1.807) is 6.33 Å². The number of aryl methyl sites for hydroxylation is 1. The van der Waals surface area contributed by atoms with Crippen molar-refractivity contribution < 1.29 is 4.52 Å². The Kier molecular flexibility index (Phi) is 3.31. The van der Waals surface area contributed by atoms with Crippen LogP contribution in [-0.2, 0) is 7.05 Å². The van der Waals surface area contributed by atoms with Crippen molar-refractivity contribution in [3.63, 3.8) is 0 Å². The molecule has 0 amide bonds. The first-order valence-electron chi connectivity index (χ1n) is 6.51. The molecule has 2 aromatic rings. The van der Waals surface area contributed by atoms with Crippen molar-refractivity contribution in [3.05, 3.63) is 18.3 Å². The fraction of sp³-hybridized carbons (Fsp3) is 0.583. The first-order valence-corrected chi connectivity index (χ1v) is 6.51. The molecule has 0 aliphatic carbocycles. The molecular weight excluding hydrogens is 244 g/mol. The number of imidazole rings is 1. The zero-order valence-corrected chi connectivity index (χ0v) is 11.2. The summed E-state index contributed by atoms with van der Waals surface area (Å²) in [5.41, 5.74) is 0.716. The lowest BCUT2D eigenvalue weighted by molar-refractivity contribution is 0.176. The average Bonchev–Trinajstić information content (AvgIpc) is 3.07. The molecule has 1 unspecified atom stereocenters. The Balaban J connectivity index is 1.76. The highest BCUT2D eigenvalue weighted by Gasteiger charge is 2.23. The fourth-order valence-electron chi connectivity index (χ4n) is 2.26. The minimum absolute atomic E-state index is 0.170. The van der Waals surface area contributed by atoms with Gasteiger partial charge in [-0.25, -0.2) is 4.98 Å². The minimum Gasteiger partial charge on any atom is -0.340 e. The van der Waals surface area contributed by atoms with Crippen molar-refractivity contribution in [2.75, 3.05) is 26.2 Å². The van der Waals surface area contributed by atoms with E-state index in [2.05, 4.69) is 32.3 Å². The van der Waals surface area contributed by atoms with E-state index in [1.807, 2.05) is 17.8 Å². The van der Waals surface area contributed by atoms with Crippen LogP contribution in [0.1, 0.15) is 18.8 Å². The molecule has 102 valence electrons. The Bertz CT molecular complexity index is 542. The predicted octanol–water partition coefficient (Wildman–Crippen LogP) is 0.436. The van der Waals surface area contributed by atoms with Gasteiger partial charge in [-0.3, -0.25) is 4.90 Å². The summed E-state index contributed by atoms with van der Waals surface area (Å²) in [7, 11) is 1.91.